The largest absolute Gasteiger partial charge is 0.343 e. The molecule has 3 aromatic carbocycles. The van der Waals surface area contributed by atoms with E-state index in [0.29, 0.717) is 24.1 Å². The lowest BCUT2D eigenvalue weighted by atomic mass is 10.1. The van der Waals surface area contributed by atoms with E-state index in [1.807, 2.05) is 43.3 Å². The van der Waals surface area contributed by atoms with Crippen LogP contribution in [0, 0.1) is 0 Å². The molecule has 0 amide bonds. The molecule has 0 atom stereocenters. The van der Waals surface area contributed by atoms with Gasteiger partial charge in [-0.1, -0.05) is 42.5 Å². The maximum absolute atomic E-state index is 13.4. The van der Waals surface area contributed by atoms with Crippen molar-refractivity contribution in [1.82, 2.24) is 13.4 Å². The summed E-state index contributed by atoms with van der Waals surface area (Å²) in [7, 11) is -0.210. The zero-order valence-electron chi connectivity index (χ0n) is 15.7. The van der Waals surface area contributed by atoms with Gasteiger partial charge in [0.1, 0.15) is 0 Å². The first-order chi connectivity index (χ1) is 13.4. The molecule has 0 saturated heterocycles. The Morgan fingerprint density at radius 3 is 2.21 bits per heavy atom. The highest BCUT2D eigenvalue weighted by atomic mass is 32.2. The van der Waals surface area contributed by atoms with Crippen molar-refractivity contribution in [2.75, 3.05) is 20.6 Å². The van der Waals surface area contributed by atoms with Gasteiger partial charge in [0, 0.05) is 13.1 Å². The van der Waals surface area contributed by atoms with Gasteiger partial charge in [0.2, 0.25) is 0 Å². The molecular formula is C21H21N3O3S. The van der Waals surface area contributed by atoms with Gasteiger partial charge in [0.25, 0.3) is 10.0 Å². The van der Waals surface area contributed by atoms with Crippen molar-refractivity contribution in [3.8, 4) is 0 Å². The molecule has 1 aromatic heterocycles. The molecule has 0 unspecified atom stereocenters. The minimum Gasteiger partial charge on any atom is -0.308 e. The third-order valence-electron chi connectivity index (χ3n) is 4.83. The third kappa shape index (κ3) is 3.02. The van der Waals surface area contributed by atoms with Gasteiger partial charge in [0.05, 0.1) is 15.9 Å². The third-order valence-corrected chi connectivity index (χ3v) is 6.51. The predicted molar refractivity (Wildman–Crippen MR) is 111 cm³/mol. The monoisotopic (exact) mass is 395 g/mol. The van der Waals surface area contributed by atoms with Crippen molar-refractivity contribution in [3.05, 3.63) is 77.2 Å². The number of rotatable bonds is 5. The molecule has 0 bridgehead atoms. The van der Waals surface area contributed by atoms with Crippen molar-refractivity contribution < 1.29 is 8.42 Å². The van der Waals surface area contributed by atoms with E-state index in [1.165, 1.54) is 4.57 Å². The molecule has 4 rings (SSSR count). The highest BCUT2D eigenvalue weighted by Crippen LogP contribution is 2.23. The van der Waals surface area contributed by atoms with Crippen LogP contribution in [-0.4, -0.2) is 42.5 Å². The summed E-state index contributed by atoms with van der Waals surface area (Å²) in [5.41, 5.74) is 0.453. The van der Waals surface area contributed by atoms with Gasteiger partial charge in [-0.05, 0) is 49.1 Å². The van der Waals surface area contributed by atoms with Crippen molar-refractivity contribution in [2.24, 2.45) is 0 Å². The second-order valence-electron chi connectivity index (χ2n) is 7.00. The van der Waals surface area contributed by atoms with E-state index in [2.05, 4.69) is 0 Å². The molecule has 0 aliphatic rings. The molecule has 0 N–H and O–H groups in total. The lowest BCUT2D eigenvalue weighted by Gasteiger charge is -2.09. The van der Waals surface area contributed by atoms with Crippen LogP contribution in [0.1, 0.15) is 0 Å². The number of fused-ring (bicyclic) bond motifs is 2. The smallest absolute Gasteiger partial charge is 0.308 e. The van der Waals surface area contributed by atoms with E-state index in [0.717, 1.165) is 14.7 Å². The molecule has 0 fully saturated rings. The van der Waals surface area contributed by atoms with Gasteiger partial charge in [-0.3, -0.25) is 4.57 Å². The number of hydrogen-bond donors (Lipinski definition) is 0. The van der Waals surface area contributed by atoms with Gasteiger partial charge < -0.3 is 4.90 Å². The first kappa shape index (κ1) is 18.5. The highest BCUT2D eigenvalue weighted by molar-refractivity contribution is 7.90. The van der Waals surface area contributed by atoms with Gasteiger partial charge in [-0.15, -0.1) is 0 Å². The van der Waals surface area contributed by atoms with Crippen LogP contribution >= 0.6 is 0 Å². The van der Waals surface area contributed by atoms with Crippen LogP contribution in [0.2, 0.25) is 0 Å². The molecule has 0 aliphatic heterocycles. The fourth-order valence-corrected chi connectivity index (χ4v) is 4.81. The van der Waals surface area contributed by atoms with E-state index >= 15 is 0 Å². The number of aromatic nitrogens is 2. The molecule has 0 saturated carbocycles. The molecule has 7 heteroatoms. The standard InChI is InChI=1S/C21H21N3O3S/c1-22(2)13-14-23-19-9-5-6-10-20(19)24(21(23)25)28(26,27)18-12-11-16-7-3-4-8-17(16)15-18/h3-12,15H,13-14H2,1-2H3. The average Bonchev–Trinajstić information content (AvgIpc) is 2.97. The Balaban J connectivity index is 1.94. The first-order valence-corrected chi connectivity index (χ1v) is 10.4. The minimum absolute atomic E-state index is 0.101. The topological polar surface area (TPSA) is 64.3 Å². The highest BCUT2D eigenvalue weighted by Gasteiger charge is 2.25. The summed E-state index contributed by atoms with van der Waals surface area (Å²) in [5.74, 6) is 0. The predicted octanol–water partition coefficient (Wildman–Crippen LogP) is 2.75. The number of hydrogen-bond acceptors (Lipinski definition) is 4. The Hall–Kier alpha value is -2.90. The number of para-hydroxylation sites is 2. The zero-order valence-corrected chi connectivity index (χ0v) is 16.6. The van der Waals surface area contributed by atoms with Crippen molar-refractivity contribution in [3.63, 3.8) is 0 Å². The molecule has 4 aromatic rings. The maximum atomic E-state index is 13.4. The van der Waals surface area contributed by atoms with Crippen LogP contribution < -0.4 is 5.69 Å². The Labute approximate surface area is 163 Å². The van der Waals surface area contributed by atoms with Gasteiger partial charge >= 0.3 is 5.69 Å². The van der Waals surface area contributed by atoms with Crippen molar-refractivity contribution >= 4 is 31.8 Å². The number of nitrogens with zero attached hydrogens (tertiary/aromatic N) is 3. The zero-order chi connectivity index (χ0) is 19.9. The van der Waals surface area contributed by atoms with Gasteiger partial charge in [-0.25, -0.2) is 13.2 Å². The second-order valence-corrected chi connectivity index (χ2v) is 8.79. The minimum atomic E-state index is -4.04. The number of imidazole rings is 1. The van der Waals surface area contributed by atoms with Crippen LogP contribution in [0.5, 0.6) is 0 Å². The Morgan fingerprint density at radius 1 is 0.857 bits per heavy atom. The first-order valence-electron chi connectivity index (χ1n) is 8.99. The van der Waals surface area contributed by atoms with Gasteiger partial charge in [-0.2, -0.15) is 3.97 Å². The summed E-state index contributed by atoms with van der Waals surface area (Å²) < 4.78 is 29.2. The molecule has 0 radical (unpaired) electrons. The Kier molecular flexibility index (Phi) is 4.56. The Bertz CT molecular complexity index is 1330. The fourth-order valence-electron chi connectivity index (χ4n) is 3.36. The van der Waals surface area contributed by atoms with E-state index in [4.69, 9.17) is 0 Å². The Morgan fingerprint density at radius 2 is 1.50 bits per heavy atom. The van der Waals surface area contributed by atoms with Gasteiger partial charge in [0.15, 0.2) is 0 Å². The van der Waals surface area contributed by atoms with Crippen LogP contribution in [0.3, 0.4) is 0 Å². The molecule has 1 heterocycles. The summed E-state index contributed by atoms with van der Waals surface area (Å²) >= 11 is 0. The normalized spacial score (nSPS) is 12.2. The molecule has 0 aliphatic carbocycles. The van der Waals surface area contributed by atoms with Crippen molar-refractivity contribution in [2.45, 2.75) is 11.4 Å². The molecule has 6 nitrogen and oxygen atoms in total. The lowest BCUT2D eigenvalue weighted by molar-refractivity contribution is 0.383. The van der Waals surface area contributed by atoms with E-state index in [-0.39, 0.29) is 4.90 Å². The summed E-state index contributed by atoms with van der Waals surface area (Å²) in [6.45, 7) is 1.04. The van der Waals surface area contributed by atoms with E-state index in [1.54, 1.807) is 42.5 Å². The summed E-state index contributed by atoms with van der Waals surface area (Å²) in [4.78, 5) is 15.2. The average molecular weight is 395 g/mol. The van der Waals surface area contributed by atoms with E-state index < -0.39 is 15.7 Å². The lowest BCUT2D eigenvalue weighted by Crippen LogP contribution is -2.31. The SMILES string of the molecule is CN(C)CCn1c(=O)n(S(=O)(=O)c2ccc3ccccc3c2)c2ccccc21. The second kappa shape index (κ2) is 6.92. The maximum Gasteiger partial charge on any atom is 0.343 e. The number of benzene rings is 3. The summed E-state index contributed by atoms with van der Waals surface area (Å²) in [6.07, 6.45) is 0. The summed E-state index contributed by atoms with van der Waals surface area (Å²) in [5, 5.41) is 1.76. The van der Waals surface area contributed by atoms with Crippen LogP contribution in [0.4, 0.5) is 0 Å². The molecule has 144 valence electrons. The number of likely N-dealkylation sites (N-methyl/N-ethyl adjacent to an activating group) is 1. The van der Waals surface area contributed by atoms with Crippen LogP contribution in [0.15, 0.2) is 76.4 Å². The quantitative estimate of drug-likeness (QED) is 0.521. The van der Waals surface area contributed by atoms with Crippen molar-refractivity contribution in [1.29, 1.82) is 0 Å². The molecule has 0 spiro atoms. The fraction of sp³-hybridized carbons (Fsp3) is 0.190. The molecular weight excluding hydrogens is 374 g/mol. The summed E-state index contributed by atoms with van der Waals surface area (Å²) in [6, 6.07) is 19.5. The van der Waals surface area contributed by atoms with Crippen LogP contribution in [-0.2, 0) is 16.6 Å². The molecule has 28 heavy (non-hydrogen) atoms. The van der Waals surface area contributed by atoms with E-state index in [9.17, 15) is 13.2 Å². The van der Waals surface area contributed by atoms with Crippen LogP contribution in [0.25, 0.3) is 21.8 Å².